The summed E-state index contributed by atoms with van der Waals surface area (Å²) in [6, 6.07) is 6.27. The zero-order valence-corrected chi connectivity index (χ0v) is 15.3. The standard InChI is InChI=1S/C19H26N6O/c1-15-20-18(19-6-2-3-9-25(15)19)14-23-8-4-5-16(11-23)12-24-13-17(7-10-26)21-22-24/h2-3,6,9,13,16,26H,4-5,7-8,10-12,14H2,1H3/t16-/m0/s1. The summed E-state index contributed by atoms with van der Waals surface area (Å²) in [5.74, 6) is 1.62. The van der Waals surface area contributed by atoms with Crippen molar-refractivity contribution >= 4 is 5.52 Å². The van der Waals surface area contributed by atoms with Crippen molar-refractivity contribution in [2.45, 2.75) is 39.3 Å². The lowest BCUT2D eigenvalue weighted by molar-refractivity contribution is 0.152. The van der Waals surface area contributed by atoms with Gasteiger partial charge in [0.05, 0.1) is 16.9 Å². The van der Waals surface area contributed by atoms with Gasteiger partial charge in [0.2, 0.25) is 0 Å². The van der Waals surface area contributed by atoms with E-state index in [1.54, 1.807) is 0 Å². The average Bonchev–Trinajstić information content (AvgIpc) is 3.21. The molecule has 3 aromatic rings. The Hall–Kier alpha value is -2.25. The Balaban J connectivity index is 1.41. The normalized spacial score (nSPS) is 18.6. The number of likely N-dealkylation sites (tertiary alicyclic amines) is 1. The Morgan fingerprint density at radius 1 is 1.31 bits per heavy atom. The van der Waals surface area contributed by atoms with Crippen LogP contribution in [0.1, 0.15) is 30.1 Å². The fourth-order valence-corrected chi connectivity index (χ4v) is 3.96. The molecule has 0 spiro atoms. The summed E-state index contributed by atoms with van der Waals surface area (Å²) in [5, 5.41) is 17.3. The number of aryl methyl sites for hydroxylation is 1. The first-order valence-electron chi connectivity index (χ1n) is 9.37. The second-order valence-corrected chi connectivity index (χ2v) is 7.21. The molecule has 4 rings (SSSR count). The van der Waals surface area contributed by atoms with Crippen molar-refractivity contribution in [2.75, 3.05) is 19.7 Å². The molecular weight excluding hydrogens is 328 g/mol. The van der Waals surface area contributed by atoms with Crippen molar-refractivity contribution < 1.29 is 5.11 Å². The van der Waals surface area contributed by atoms with Gasteiger partial charge in [-0.15, -0.1) is 5.10 Å². The molecule has 0 aliphatic carbocycles. The lowest BCUT2D eigenvalue weighted by Crippen LogP contribution is -2.36. The first-order chi connectivity index (χ1) is 12.7. The second kappa shape index (κ2) is 7.55. The third-order valence-corrected chi connectivity index (χ3v) is 5.18. The predicted octanol–water partition coefficient (Wildman–Crippen LogP) is 1.68. The third kappa shape index (κ3) is 3.64. The van der Waals surface area contributed by atoms with E-state index < -0.39 is 0 Å². The molecule has 26 heavy (non-hydrogen) atoms. The number of pyridine rings is 1. The zero-order chi connectivity index (χ0) is 17.9. The summed E-state index contributed by atoms with van der Waals surface area (Å²) in [6.45, 7) is 6.13. The number of imidazole rings is 1. The number of rotatable bonds is 6. The first-order valence-corrected chi connectivity index (χ1v) is 9.37. The molecule has 0 saturated carbocycles. The quantitative estimate of drug-likeness (QED) is 0.729. The minimum Gasteiger partial charge on any atom is -0.396 e. The van der Waals surface area contributed by atoms with E-state index in [0.717, 1.165) is 43.4 Å². The molecule has 1 N–H and O–H groups in total. The fourth-order valence-electron chi connectivity index (χ4n) is 3.96. The van der Waals surface area contributed by atoms with Crippen molar-refractivity contribution in [1.82, 2.24) is 29.3 Å². The van der Waals surface area contributed by atoms with Gasteiger partial charge in [-0.2, -0.15) is 0 Å². The molecule has 1 aliphatic heterocycles. The maximum atomic E-state index is 9.01. The topological polar surface area (TPSA) is 71.5 Å². The number of fused-ring (bicyclic) bond motifs is 1. The predicted molar refractivity (Wildman–Crippen MR) is 98.7 cm³/mol. The Morgan fingerprint density at radius 2 is 2.23 bits per heavy atom. The summed E-state index contributed by atoms with van der Waals surface area (Å²) in [5.41, 5.74) is 3.23. The number of hydrogen-bond acceptors (Lipinski definition) is 5. The maximum absolute atomic E-state index is 9.01. The van der Waals surface area contributed by atoms with Crippen LogP contribution in [0.5, 0.6) is 0 Å². The van der Waals surface area contributed by atoms with Crippen LogP contribution in [0.4, 0.5) is 0 Å². The minimum absolute atomic E-state index is 0.119. The van der Waals surface area contributed by atoms with Crippen LogP contribution in [0.3, 0.4) is 0 Å². The highest BCUT2D eigenvalue weighted by Crippen LogP contribution is 2.22. The van der Waals surface area contributed by atoms with Crippen molar-refractivity contribution in [3.05, 3.63) is 47.8 Å². The van der Waals surface area contributed by atoms with E-state index in [1.165, 1.54) is 18.4 Å². The van der Waals surface area contributed by atoms with Crippen LogP contribution in [0.15, 0.2) is 30.6 Å². The van der Waals surface area contributed by atoms with Gasteiger partial charge in [0.15, 0.2) is 0 Å². The summed E-state index contributed by atoms with van der Waals surface area (Å²) in [4.78, 5) is 7.30. The highest BCUT2D eigenvalue weighted by atomic mass is 16.3. The molecule has 0 radical (unpaired) electrons. The number of aromatic nitrogens is 5. The Kier molecular flexibility index (Phi) is 4.99. The van der Waals surface area contributed by atoms with Crippen LogP contribution in [-0.2, 0) is 19.5 Å². The van der Waals surface area contributed by atoms with E-state index in [-0.39, 0.29) is 6.61 Å². The molecule has 0 unspecified atom stereocenters. The highest BCUT2D eigenvalue weighted by molar-refractivity contribution is 5.53. The molecule has 7 nitrogen and oxygen atoms in total. The van der Waals surface area contributed by atoms with Gasteiger partial charge in [-0.05, 0) is 44.4 Å². The van der Waals surface area contributed by atoms with Gasteiger partial charge in [0, 0.05) is 45.1 Å². The van der Waals surface area contributed by atoms with Crippen LogP contribution in [0.2, 0.25) is 0 Å². The molecule has 1 aliphatic rings. The van der Waals surface area contributed by atoms with Crippen molar-refractivity contribution in [2.24, 2.45) is 5.92 Å². The number of aliphatic hydroxyl groups excluding tert-OH is 1. The Bertz CT molecular complexity index is 870. The smallest absolute Gasteiger partial charge is 0.110 e. The van der Waals surface area contributed by atoms with Gasteiger partial charge in [-0.3, -0.25) is 9.58 Å². The minimum atomic E-state index is 0.119. The van der Waals surface area contributed by atoms with Crippen LogP contribution < -0.4 is 0 Å². The van der Waals surface area contributed by atoms with Gasteiger partial charge in [0.1, 0.15) is 5.82 Å². The second-order valence-electron chi connectivity index (χ2n) is 7.21. The molecule has 1 saturated heterocycles. The van der Waals surface area contributed by atoms with Gasteiger partial charge in [0.25, 0.3) is 0 Å². The lowest BCUT2D eigenvalue weighted by atomic mass is 9.98. The van der Waals surface area contributed by atoms with Gasteiger partial charge in [-0.25, -0.2) is 4.98 Å². The van der Waals surface area contributed by atoms with E-state index in [1.807, 2.05) is 16.9 Å². The monoisotopic (exact) mass is 354 g/mol. The van der Waals surface area contributed by atoms with E-state index in [4.69, 9.17) is 10.1 Å². The van der Waals surface area contributed by atoms with Crippen molar-refractivity contribution in [3.8, 4) is 0 Å². The molecular formula is C19H26N6O. The average molecular weight is 354 g/mol. The van der Waals surface area contributed by atoms with E-state index >= 15 is 0 Å². The maximum Gasteiger partial charge on any atom is 0.110 e. The summed E-state index contributed by atoms with van der Waals surface area (Å²) < 4.78 is 4.09. The van der Waals surface area contributed by atoms with Gasteiger partial charge >= 0.3 is 0 Å². The van der Waals surface area contributed by atoms with Gasteiger partial charge in [-0.1, -0.05) is 11.3 Å². The van der Waals surface area contributed by atoms with Crippen LogP contribution in [0.25, 0.3) is 5.52 Å². The molecule has 0 bridgehead atoms. The molecule has 4 heterocycles. The molecule has 0 aromatic carbocycles. The lowest BCUT2D eigenvalue weighted by Gasteiger charge is -2.32. The fraction of sp³-hybridized carbons (Fsp3) is 0.526. The number of aliphatic hydroxyl groups is 1. The number of hydrogen-bond donors (Lipinski definition) is 1. The van der Waals surface area contributed by atoms with Crippen molar-refractivity contribution in [3.63, 3.8) is 0 Å². The largest absolute Gasteiger partial charge is 0.396 e. The summed E-state index contributed by atoms with van der Waals surface area (Å²) in [7, 11) is 0. The van der Waals surface area contributed by atoms with Crippen LogP contribution in [-0.4, -0.2) is 54.1 Å². The SMILES string of the molecule is Cc1nc(CN2CCC[C@H](Cn3cc(CCO)nn3)C2)c2ccccn12. The summed E-state index contributed by atoms with van der Waals surface area (Å²) in [6.07, 6.45) is 7.03. The molecule has 7 heteroatoms. The van der Waals surface area contributed by atoms with Gasteiger partial charge < -0.3 is 9.51 Å². The van der Waals surface area contributed by atoms with E-state index in [2.05, 4.69) is 44.9 Å². The summed E-state index contributed by atoms with van der Waals surface area (Å²) >= 11 is 0. The molecule has 1 atom stereocenters. The number of nitrogens with zero attached hydrogens (tertiary/aromatic N) is 6. The first kappa shape index (κ1) is 17.2. The number of piperidine rings is 1. The zero-order valence-electron chi connectivity index (χ0n) is 15.3. The Labute approximate surface area is 153 Å². The van der Waals surface area contributed by atoms with E-state index in [0.29, 0.717) is 12.3 Å². The van der Waals surface area contributed by atoms with Crippen LogP contribution in [0, 0.1) is 12.8 Å². The van der Waals surface area contributed by atoms with Crippen LogP contribution >= 0.6 is 0 Å². The molecule has 138 valence electrons. The highest BCUT2D eigenvalue weighted by Gasteiger charge is 2.22. The third-order valence-electron chi connectivity index (χ3n) is 5.18. The molecule has 0 amide bonds. The van der Waals surface area contributed by atoms with E-state index in [9.17, 15) is 0 Å². The van der Waals surface area contributed by atoms with Crippen molar-refractivity contribution in [1.29, 1.82) is 0 Å². The molecule has 1 fully saturated rings. The Morgan fingerprint density at radius 3 is 3.12 bits per heavy atom. The molecule has 3 aromatic heterocycles.